The Morgan fingerprint density at radius 2 is 1.94 bits per heavy atom. The van der Waals surface area contributed by atoms with Gasteiger partial charge in [-0.25, -0.2) is 0 Å². The molecule has 0 aromatic carbocycles. The van der Waals surface area contributed by atoms with Gasteiger partial charge < -0.3 is 9.64 Å². The molecule has 1 saturated heterocycles. The zero-order valence-corrected chi connectivity index (χ0v) is 10.8. The van der Waals surface area contributed by atoms with Crippen molar-refractivity contribution in [3.8, 4) is 6.07 Å². The van der Waals surface area contributed by atoms with Crippen molar-refractivity contribution in [3.63, 3.8) is 0 Å². The summed E-state index contributed by atoms with van der Waals surface area (Å²) in [6.07, 6.45) is 1.88. The first-order valence-electron chi connectivity index (χ1n) is 5.94. The topological polar surface area (TPSA) is 48.3 Å². The summed E-state index contributed by atoms with van der Waals surface area (Å²) >= 11 is 0. The lowest BCUT2D eigenvalue weighted by Gasteiger charge is -2.39. The third kappa shape index (κ3) is 3.75. The van der Waals surface area contributed by atoms with Crippen molar-refractivity contribution in [2.24, 2.45) is 0 Å². The van der Waals surface area contributed by atoms with Crippen LogP contribution in [0.3, 0.4) is 0 Å². The standard InChI is InChI=1S/C12H23N3O/c1-10-7-12(9-13,8-11(2)16-10)14-5-6-15(3)4/h10-11,14H,5-8H2,1-4H3. The van der Waals surface area contributed by atoms with E-state index in [0.29, 0.717) is 0 Å². The number of nitrogens with zero attached hydrogens (tertiary/aromatic N) is 2. The van der Waals surface area contributed by atoms with Crippen molar-refractivity contribution in [3.05, 3.63) is 0 Å². The Kier molecular flexibility index (Phi) is 4.72. The average Bonchev–Trinajstić information content (AvgIpc) is 2.15. The van der Waals surface area contributed by atoms with Crippen LogP contribution in [0.4, 0.5) is 0 Å². The molecule has 4 nitrogen and oxygen atoms in total. The smallest absolute Gasteiger partial charge is 0.111 e. The summed E-state index contributed by atoms with van der Waals surface area (Å²) in [7, 11) is 4.08. The molecule has 2 unspecified atom stereocenters. The first-order valence-corrected chi connectivity index (χ1v) is 5.94. The molecular weight excluding hydrogens is 202 g/mol. The number of nitriles is 1. The van der Waals surface area contributed by atoms with Gasteiger partial charge in [0.15, 0.2) is 0 Å². The fraction of sp³-hybridized carbons (Fsp3) is 0.917. The number of hydrogen-bond donors (Lipinski definition) is 1. The lowest BCUT2D eigenvalue weighted by molar-refractivity contribution is -0.0563. The highest BCUT2D eigenvalue weighted by Gasteiger charge is 2.38. The summed E-state index contributed by atoms with van der Waals surface area (Å²) in [5.41, 5.74) is -0.396. The second kappa shape index (κ2) is 5.62. The molecule has 0 saturated carbocycles. The molecule has 1 aliphatic heterocycles. The van der Waals surface area contributed by atoms with Crippen LogP contribution in [0.5, 0.6) is 0 Å². The highest BCUT2D eigenvalue weighted by Crippen LogP contribution is 2.28. The maximum atomic E-state index is 9.36. The number of rotatable bonds is 4. The molecule has 1 N–H and O–H groups in total. The predicted octanol–water partition coefficient (Wildman–Crippen LogP) is 0.987. The summed E-state index contributed by atoms with van der Waals surface area (Å²) < 4.78 is 5.67. The average molecular weight is 225 g/mol. The molecule has 1 aliphatic rings. The molecule has 0 radical (unpaired) electrons. The Bertz CT molecular complexity index is 249. The van der Waals surface area contributed by atoms with Gasteiger partial charge >= 0.3 is 0 Å². The maximum absolute atomic E-state index is 9.36. The van der Waals surface area contributed by atoms with Crippen LogP contribution in [-0.2, 0) is 4.74 Å². The monoisotopic (exact) mass is 225 g/mol. The molecule has 0 aliphatic carbocycles. The highest BCUT2D eigenvalue weighted by molar-refractivity contribution is 5.10. The Morgan fingerprint density at radius 1 is 1.38 bits per heavy atom. The molecule has 2 atom stereocenters. The second-order valence-corrected chi connectivity index (χ2v) is 5.09. The molecule has 0 amide bonds. The van der Waals surface area contributed by atoms with Gasteiger partial charge in [0.2, 0.25) is 0 Å². The number of likely N-dealkylation sites (N-methyl/N-ethyl adjacent to an activating group) is 1. The molecule has 16 heavy (non-hydrogen) atoms. The molecule has 4 heteroatoms. The molecule has 1 rings (SSSR count). The third-order valence-corrected chi connectivity index (χ3v) is 2.97. The van der Waals surface area contributed by atoms with Gasteiger partial charge in [0, 0.05) is 25.9 Å². The Labute approximate surface area is 98.6 Å². The summed E-state index contributed by atoms with van der Waals surface area (Å²) in [4.78, 5) is 2.12. The second-order valence-electron chi connectivity index (χ2n) is 5.09. The van der Waals surface area contributed by atoms with Crippen molar-refractivity contribution >= 4 is 0 Å². The molecule has 1 heterocycles. The quantitative estimate of drug-likeness (QED) is 0.775. The van der Waals surface area contributed by atoms with Crippen LogP contribution in [0, 0.1) is 11.3 Å². The zero-order valence-electron chi connectivity index (χ0n) is 10.8. The van der Waals surface area contributed by atoms with Crippen LogP contribution in [0.1, 0.15) is 26.7 Å². The first-order chi connectivity index (χ1) is 7.47. The van der Waals surface area contributed by atoms with Crippen LogP contribution in [0.15, 0.2) is 0 Å². The van der Waals surface area contributed by atoms with Gasteiger partial charge in [0.1, 0.15) is 5.54 Å². The van der Waals surface area contributed by atoms with Crippen molar-refractivity contribution < 1.29 is 4.74 Å². The van der Waals surface area contributed by atoms with E-state index in [0.717, 1.165) is 25.9 Å². The summed E-state index contributed by atoms with van der Waals surface area (Å²) in [5, 5.41) is 12.8. The minimum Gasteiger partial charge on any atom is -0.375 e. The molecular formula is C12H23N3O. The molecule has 0 bridgehead atoms. The van der Waals surface area contributed by atoms with E-state index in [1.807, 2.05) is 27.9 Å². The van der Waals surface area contributed by atoms with Gasteiger partial charge in [-0.3, -0.25) is 5.32 Å². The van der Waals surface area contributed by atoms with E-state index in [4.69, 9.17) is 4.74 Å². The summed E-state index contributed by atoms with van der Waals surface area (Å²) in [6.45, 7) is 5.87. The van der Waals surface area contributed by atoms with Gasteiger partial charge in [0.05, 0.1) is 18.3 Å². The highest BCUT2D eigenvalue weighted by atomic mass is 16.5. The minimum absolute atomic E-state index is 0.162. The van der Waals surface area contributed by atoms with E-state index in [1.54, 1.807) is 0 Å². The normalized spacial score (nSPS) is 35.0. The fourth-order valence-corrected chi connectivity index (χ4v) is 2.35. The van der Waals surface area contributed by atoms with Crippen molar-refractivity contribution in [1.29, 1.82) is 5.26 Å². The molecule has 1 fully saturated rings. The Morgan fingerprint density at radius 3 is 2.38 bits per heavy atom. The number of hydrogen-bond acceptors (Lipinski definition) is 4. The predicted molar refractivity (Wildman–Crippen MR) is 64.1 cm³/mol. The third-order valence-electron chi connectivity index (χ3n) is 2.97. The van der Waals surface area contributed by atoms with E-state index in [1.165, 1.54) is 0 Å². The minimum atomic E-state index is -0.396. The SMILES string of the molecule is CC1CC(C#N)(NCCN(C)C)CC(C)O1. The summed E-state index contributed by atoms with van der Waals surface area (Å²) in [6, 6.07) is 2.44. The lowest BCUT2D eigenvalue weighted by atomic mass is 9.85. The molecule has 0 aromatic rings. The molecule has 0 spiro atoms. The van der Waals surface area contributed by atoms with E-state index in [2.05, 4.69) is 16.3 Å². The van der Waals surface area contributed by atoms with Gasteiger partial charge in [-0.15, -0.1) is 0 Å². The van der Waals surface area contributed by atoms with Gasteiger partial charge in [-0.2, -0.15) is 5.26 Å². The van der Waals surface area contributed by atoms with E-state index >= 15 is 0 Å². The van der Waals surface area contributed by atoms with Crippen LogP contribution in [0.2, 0.25) is 0 Å². The van der Waals surface area contributed by atoms with Gasteiger partial charge in [0.25, 0.3) is 0 Å². The van der Waals surface area contributed by atoms with Crippen LogP contribution < -0.4 is 5.32 Å². The maximum Gasteiger partial charge on any atom is 0.111 e. The Balaban J connectivity index is 2.52. The first kappa shape index (κ1) is 13.4. The van der Waals surface area contributed by atoms with Crippen LogP contribution in [0.25, 0.3) is 0 Å². The van der Waals surface area contributed by atoms with Crippen molar-refractivity contribution in [2.45, 2.75) is 44.4 Å². The van der Waals surface area contributed by atoms with Crippen molar-refractivity contribution in [2.75, 3.05) is 27.2 Å². The summed E-state index contributed by atoms with van der Waals surface area (Å²) in [5.74, 6) is 0. The van der Waals surface area contributed by atoms with Crippen LogP contribution >= 0.6 is 0 Å². The van der Waals surface area contributed by atoms with Crippen LogP contribution in [-0.4, -0.2) is 49.8 Å². The lowest BCUT2D eigenvalue weighted by Crippen LogP contribution is -2.53. The fourth-order valence-electron chi connectivity index (χ4n) is 2.35. The van der Waals surface area contributed by atoms with E-state index in [9.17, 15) is 5.26 Å². The molecule has 92 valence electrons. The largest absolute Gasteiger partial charge is 0.375 e. The molecule has 0 aromatic heterocycles. The van der Waals surface area contributed by atoms with Crippen molar-refractivity contribution in [1.82, 2.24) is 10.2 Å². The van der Waals surface area contributed by atoms with Gasteiger partial charge in [-0.1, -0.05) is 0 Å². The zero-order chi connectivity index (χ0) is 12.2. The van der Waals surface area contributed by atoms with E-state index in [-0.39, 0.29) is 12.2 Å². The Hall–Kier alpha value is -0.630. The number of ether oxygens (including phenoxy) is 1. The number of nitrogens with one attached hydrogen (secondary N) is 1. The van der Waals surface area contributed by atoms with E-state index < -0.39 is 5.54 Å². The van der Waals surface area contributed by atoms with Gasteiger partial charge in [-0.05, 0) is 27.9 Å².